The van der Waals surface area contributed by atoms with Gasteiger partial charge in [-0.15, -0.1) is 0 Å². The number of rotatable bonds is 13. The molecule has 188 valence electrons. The van der Waals surface area contributed by atoms with Crippen LogP contribution in [0, 0.1) is 5.92 Å². The summed E-state index contributed by atoms with van der Waals surface area (Å²) in [6.07, 6.45) is 3.07. The monoisotopic (exact) mass is 480 g/mol. The van der Waals surface area contributed by atoms with E-state index in [9.17, 15) is 14.4 Å². The molecule has 7 nitrogen and oxygen atoms in total. The quantitative estimate of drug-likeness (QED) is 0.370. The Kier molecular flexibility index (Phi) is 9.70. The zero-order valence-electron chi connectivity index (χ0n) is 20.6. The summed E-state index contributed by atoms with van der Waals surface area (Å²) in [5.41, 5.74) is 4.65. The predicted octanol–water partition coefficient (Wildman–Crippen LogP) is 5.09. The number of fused-ring (bicyclic) bond motifs is 3. The lowest BCUT2D eigenvalue weighted by molar-refractivity contribution is -0.137. The molecule has 2 atom stereocenters. The molecule has 0 saturated heterocycles. The van der Waals surface area contributed by atoms with Crippen molar-refractivity contribution in [1.29, 1.82) is 0 Å². The van der Waals surface area contributed by atoms with E-state index >= 15 is 0 Å². The molecule has 0 saturated carbocycles. The van der Waals surface area contributed by atoms with Crippen LogP contribution in [0.2, 0.25) is 0 Å². The first-order valence-corrected chi connectivity index (χ1v) is 12.5. The molecule has 1 aliphatic rings. The highest BCUT2D eigenvalue weighted by atomic mass is 16.5. The summed E-state index contributed by atoms with van der Waals surface area (Å²) in [6, 6.07) is 16.0. The van der Waals surface area contributed by atoms with E-state index in [0.29, 0.717) is 13.0 Å². The molecular weight excluding hydrogens is 444 g/mol. The van der Waals surface area contributed by atoms with Crippen LogP contribution in [0.15, 0.2) is 48.5 Å². The van der Waals surface area contributed by atoms with E-state index in [0.717, 1.165) is 30.4 Å². The zero-order chi connectivity index (χ0) is 25.2. The molecule has 0 spiro atoms. The summed E-state index contributed by atoms with van der Waals surface area (Å²) in [5.74, 6) is -0.662. The fourth-order valence-electron chi connectivity index (χ4n) is 4.83. The van der Waals surface area contributed by atoms with Gasteiger partial charge in [0.25, 0.3) is 0 Å². The van der Waals surface area contributed by atoms with Crippen molar-refractivity contribution in [3.63, 3.8) is 0 Å². The Morgan fingerprint density at radius 1 is 0.971 bits per heavy atom. The Morgan fingerprint density at radius 2 is 1.60 bits per heavy atom. The molecule has 0 bridgehead atoms. The fourth-order valence-corrected chi connectivity index (χ4v) is 4.83. The van der Waals surface area contributed by atoms with E-state index in [-0.39, 0.29) is 43.2 Å². The van der Waals surface area contributed by atoms with Crippen LogP contribution in [0.4, 0.5) is 4.79 Å². The minimum absolute atomic E-state index is 0.0102. The number of ether oxygens (including phenoxy) is 1. The molecule has 2 amide bonds. The summed E-state index contributed by atoms with van der Waals surface area (Å²) in [7, 11) is 0. The van der Waals surface area contributed by atoms with Crippen molar-refractivity contribution in [2.75, 3.05) is 13.2 Å². The molecule has 0 aliphatic heterocycles. The van der Waals surface area contributed by atoms with Gasteiger partial charge in [0, 0.05) is 31.3 Å². The van der Waals surface area contributed by atoms with E-state index in [4.69, 9.17) is 9.84 Å². The number of carbonyl (C=O) groups is 3. The van der Waals surface area contributed by atoms with Crippen molar-refractivity contribution < 1.29 is 24.2 Å². The number of carboxylic acid groups (broad SMARTS) is 1. The highest BCUT2D eigenvalue weighted by Crippen LogP contribution is 2.44. The van der Waals surface area contributed by atoms with Gasteiger partial charge in [-0.25, -0.2) is 4.79 Å². The van der Waals surface area contributed by atoms with E-state index in [1.807, 2.05) is 24.3 Å². The van der Waals surface area contributed by atoms with Crippen molar-refractivity contribution in [3.05, 3.63) is 59.7 Å². The lowest BCUT2D eigenvalue weighted by Gasteiger charge is -2.18. The maximum Gasteiger partial charge on any atom is 0.407 e. The average Bonchev–Trinajstić information content (AvgIpc) is 3.14. The van der Waals surface area contributed by atoms with Crippen LogP contribution in [-0.2, 0) is 14.3 Å². The van der Waals surface area contributed by atoms with E-state index < -0.39 is 12.1 Å². The first-order valence-electron chi connectivity index (χ1n) is 12.5. The molecule has 2 aromatic carbocycles. The molecule has 0 aromatic heterocycles. The van der Waals surface area contributed by atoms with Crippen molar-refractivity contribution in [1.82, 2.24) is 10.6 Å². The standard InChI is InChI=1S/C28H36N2O5/c1-3-8-20(13-14-27(32)33)15-16-29-26(31)17-19(2)30-28(34)35-18-25-23-11-6-4-9-21(23)22-10-5-7-12-24(22)25/h4-7,9-12,19-20,25H,3,8,13-18H2,1-2H3,(H,29,31)(H,30,34)(H,32,33)/t19-,20?/m1/s1. The van der Waals surface area contributed by atoms with Gasteiger partial charge in [-0.2, -0.15) is 0 Å². The first-order chi connectivity index (χ1) is 16.9. The Morgan fingerprint density at radius 3 is 2.20 bits per heavy atom. The van der Waals surface area contributed by atoms with Crippen LogP contribution >= 0.6 is 0 Å². The molecule has 0 fully saturated rings. The third kappa shape index (κ3) is 7.57. The first kappa shape index (κ1) is 26.3. The lowest BCUT2D eigenvalue weighted by Crippen LogP contribution is -2.38. The van der Waals surface area contributed by atoms with Crippen LogP contribution < -0.4 is 10.6 Å². The Hall–Kier alpha value is -3.35. The van der Waals surface area contributed by atoms with Crippen LogP contribution in [0.5, 0.6) is 0 Å². The number of aliphatic carboxylic acids is 1. The van der Waals surface area contributed by atoms with Crippen LogP contribution in [0.1, 0.15) is 69.4 Å². The van der Waals surface area contributed by atoms with Gasteiger partial charge < -0.3 is 20.5 Å². The Balaban J connectivity index is 1.41. The topological polar surface area (TPSA) is 105 Å². The minimum Gasteiger partial charge on any atom is -0.481 e. The Bertz CT molecular complexity index is 976. The summed E-state index contributed by atoms with van der Waals surface area (Å²) in [5, 5.41) is 14.5. The number of alkyl carbamates (subject to hydrolysis) is 1. The van der Waals surface area contributed by atoms with Gasteiger partial charge in [-0.1, -0.05) is 68.3 Å². The second kappa shape index (κ2) is 12.9. The molecule has 7 heteroatoms. The fraction of sp³-hybridized carbons (Fsp3) is 0.464. The summed E-state index contributed by atoms with van der Waals surface area (Å²) in [6.45, 7) is 4.57. The van der Waals surface area contributed by atoms with E-state index in [2.05, 4.69) is 41.8 Å². The van der Waals surface area contributed by atoms with Crippen molar-refractivity contribution in [2.24, 2.45) is 5.92 Å². The normalized spacial score (nSPS) is 13.9. The van der Waals surface area contributed by atoms with E-state index in [1.165, 1.54) is 11.1 Å². The zero-order valence-corrected chi connectivity index (χ0v) is 20.6. The number of benzene rings is 2. The number of nitrogens with one attached hydrogen (secondary N) is 2. The van der Waals surface area contributed by atoms with Crippen LogP contribution in [-0.4, -0.2) is 42.3 Å². The summed E-state index contributed by atoms with van der Waals surface area (Å²) in [4.78, 5) is 35.5. The van der Waals surface area contributed by atoms with Crippen molar-refractivity contribution in [2.45, 2.75) is 64.3 Å². The van der Waals surface area contributed by atoms with Gasteiger partial charge in [0.2, 0.25) is 5.91 Å². The summed E-state index contributed by atoms with van der Waals surface area (Å²) < 4.78 is 5.55. The van der Waals surface area contributed by atoms with Crippen molar-refractivity contribution in [3.8, 4) is 11.1 Å². The highest BCUT2D eigenvalue weighted by molar-refractivity contribution is 5.79. The Labute approximate surface area is 207 Å². The van der Waals surface area contributed by atoms with Gasteiger partial charge in [0.1, 0.15) is 6.61 Å². The molecule has 3 N–H and O–H groups in total. The molecule has 0 heterocycles. The minimum atomic E-state index is -0.789. The van der Waals surface area contributed by atoms with Gasteiger partial charge >= 0.3 is 12.1 Å². The molecule has 3 rings (SSSR count). The lowest BCUT2D eigenvalue weighted by atomic mass is 9.94. The number of carboxylic acids is 1. The third-order valence-electron chi connectivity index (χ3n) is 6.54. The second-order valence-electron chi connectivity index (χ2n) is 9.30. The third-order valence-corrected chi connectivity index (χ3v) is 6.54. The molecule has 1 aliphatic carbocycles. The number of amides is 2. The number of hydrogen-bond donors (Lipinski definition) is 3. The number of carbonyl (C=O) groups excluding carboxylic acids is 2. The molecule has 0 radical (unpaired) electrons. The van der Waals surface area contributed by atoms with Gasteiger partial charge in [-0.3, -0.25) is 9.59 Å². The average molecular weight is 481 g/mol. The molecule has 1 unspecified atom stereocenters. The second-order valence-corrected chi connectivity index (χ2v) is 9.30. The predicted molar refractivity (Wildman–Crippen MR) is 135 cm³/mol. The molecular formula is C28H36N2O5. The SMILES string of the molecule is CCCC(CCNC(=O)C[C@@H](C)NC(=O)OCC1c2ccccc2-c2ccccc21)CCC(=O)O. The van der Waals surface area contributed by atoms with Gasteiger partial charge in [-0.05, 0) is 47.9 Å². The van der Waals surface area contributed by atoms with Crippen LogP contribution in [0.3, 0.4) is 0 Å². The molecule has 2 aromatic rings. The maximum atomic E-state index is 12.4. The van der Waals surface area contributed by atoms with Crippen molar-refractivity contribution >= 4 is 18.0 Å². The summed E-state index contributed by atoms with van der Waals surface area (Å²) >= 11 is 0. The maximum absolute atomic E-state index is 12.4. The van der Waals surface area contributed by atoms with Gasteiger partial charge in [0.15, 0.2) is 0 Å². The highest BCUT2D eigenvalue weighted by Gasteiger charge is 2.29. The largest absolute Gasteiger partial charge is 0.481 e. The van der Waals surface area contributed by atoms with Crippen LogP contribution in [0.25, 0.3) is 11.1 Å². The number of hydrogen-bond acceptors (Lipinski definition) is 4. The smallest absolute Gasteiger partial charge is 0.407 e. The van der Waals surface area contributed by atoms with Gasteiger partial charge in [0.05, 0.1) is 0 Å². The van der Waals surface area contributed by atoms with E-state index in [1.54, 1.807) is 6.92 Å². The molecule has 35 heavy (non-hydrogen) atoms.